The zero-order valence-electron chi connectivity index (χ0n) is 12.0. The quantitative estimate of drug-likeness (QED) is 0.463. The highest BCUT2D eigenvalue weighted by molar-refractivity contribution is 14.0. The van der Waals surface area contributed by atoms with Crippen LogP contribution in [0.25, 0.3) is 11.0 Å². The molecule has 1 aliphatic heterocycles. The molecule has 2 N–H and O–H groups in total. The Morgan fingerprint density at radius 1 is 1.33 bits per heavy atom. The number of nitrogens with zero attached hydrogens (tertiary/aromatic N) is 2. The van der Waals surface area contributed by atoms with Gasteiger partial charge in [-0.1, -0.05) is 18.2 Å². The minimum atomic E-state index is 0. The number of nitrogens with two attached hydrogens (primary N) is 1. The fraction of sp³-hybridized carbons (Fsp3) is 0.400. The van der Waals surface area contributed by atoms with E-state index in [1.54, 1.807) is 0 Å². The van der Waals surface area contributed by atoms with Crippen LogP contribution in [0.3, 0.4) is 0 Å². The third-order valence-electron chi connectivity index (χ3n) is 3.63. The molecule has 1 fully saturated rings. The van der Waals surface area contributed by atoms with E-state index in [1.807, 2.05) is 36.9 Å². The van der Waals surface area contributed by atoms with Gasteiger partial charge in [0.25, 0.3) is 0 Å². The molecule has 0 amide bonds. The maximum Gasteiger partial charge on any atom is 0.191 e. The summed E-state index contributed by atoms with van der Waals surface area (Å²) in [6.45, 7) is 4.55. The van der Waals surface area contributed by atoms with Crippen molar-refractivity contribution in [3.8, 4) is 0 Å². The van der Waals surface area contributed by atoms with Crippen molar-refractivity contribution in [2.24, 2.45) is 10.7 Å². The smallest absolute Gasteiger partial charge is 0.191 e. The molecule has 0 unspecified atom stereocenters. The monoisotopic (exact) mass is 417 g/mol. The van der Waals surface area contributed by atoms with E-state index in [0.29, 0.717) is 12.5 Å². The summed E-state index contributed by atoms with van der Waals surface area (Å²) >= 11 is 1.97. The minimum Gasteiger partial charge on any atom is -0.461 e. The highest BCUT2D eigenvalue weighted by atomic mass is 127. The van der Waals surface area contributed by atoms with Crippen molar-refractivity contribution in [1.82, 2.24) is 4.90 Å². The van der Waals surface area contributed by atoms with Crippen LogP contribution in [0.4, 0.5) is 0 Å². The van der Waals surface area contributed by atoms with Crippen LogP contribution in [-0.4, -0.2) is 35.5 Å². The Labute approximate surface area is 146 Å². The first-order valence-corrected chi connectivity index (χ1v) is 8.01. The van der Waals surface area contributed by atoms with Gasteiger partial charge in [0, 0.05) is 35.5 Å². The topological polar surface area (TPSA) is 54.8 Å². The second-order valence-electron chi connectivity index (χ2n) is 4.91. The molecule has 2 heterocycles. The Hall–Kier alpha value is -0.890. The van der Waals surface area contributed by atoms with Gasteiger partial charge < -0.3 is 15.1 Å². The summed E-state index contributed by atoms with van der Waals surface area (Å²) in [5.41, 5.74) is 8.15. The first-order valence-electron chi connectivity index (χ1n) is 6.85. The van der Waals surface area contributed by atoms with E-state index in [0.717, 1.165) is 46.9 Å². The largest absolute Gasteiger partial charge is 0.461 e. The van der Waals surface area contributed by atoms with Crippen molar-refractivity contribution in [1.29, 1.82) is 0 Å². The zero-order valence-corrected chi connectivity index (χ0v) is 15.2. The lowest BCUT2D eigenvalue weighted by Crippen LogP contribution is -2.42. The number of aryl methyl sites for hydroxylation is 1. The molecule has 0 atom stereocenters. The number of benzene rings is 1. The molecule has 1 aromatic heterocycles. The van der Waals surface area contributed by atoms with Crippen LogP contribution < -0.4 is 5.73 Å². The van der Waals surface area contributed by atoms with Crippen LogP contribution in [-0.2, 0) is 6.54 Å². The molecule has 3 rings (SSSR count). The maximum absolute atomic E-state index is 6.10. The lowest BCUT2D eigenvalue weighted by Gasteiger charge is -2.27. The van der Waals surface area contributed by atoms with Gasteiger partial charge in [-0.25, -0.2) is 4.99 Å². The third-order valence-corrected chi connectivity index (χ3v) is 4.58. The molecule has 21 heavy (non-hydrogen) atoms. The molecule has 0 spiro atoms. The number of hydrogen-bond acceptors (Lipinski definition) is 3. The summed E-state index contributed by atoms with van der Waals surface area (Å²) in [7, 11) is 0. The number of thioether (sulfide) groups is 1. The number of fused-ring (bicyclic) bond motifs is 1. The van der Waals surface area contributed by atoms with Gasteiger partial charge in [-0.05, 0) is 13.0 Å². The Morgan fingerprint density at radius 3 is 2.81 bits per heavy atom. The van der Waals surface area contributed by atoms with Crippen LogP contribution in [0.5, 0.6) is 0 Å². The summed E-state index contributed by atoms with van der Waals surface area (Å²) in [5, 5.41) is 1.13. The summed E-state index contributed by atoms with van der Waals surface area (Å²) in [6.07, 6.45) is 0. The standard InChI is InChI=1S/C15H19N3OS.HI/c1-11-13(12-4-2-3-5-14(12)19-11)10-17-15(16)18-6-8-20-9-7-18;/h2-5H,6-10H2,1H3,(H2,16,17);1H. The fourth-order valence-corrected chi connectivity index (χ4v) is 3.37. The van der Waals surface area contributed by atoms with E-state index in [9.17, 15) is 0 Å². The van der Waals surface area contributed by atoms with Crippen LogP contribution in [0, 0.1) is 6.92 Å². The van der Waals surface area contributed by atoms with E-state index in [-0.39, 0.29) is 24.0 Å². The van der Waals surface area contributed by atoms with Crippen molar-refractivity contribution in [2.75, 3.05) is 24.6 Å². The molecule has 2 aromatic rings. The van der Waals surface area contributed by atoms with Gasteiger partial charge in [0.1, 0.15) is 11.3 Å². The molecule has 1 aliphatic rings. The summed E-state index contributed by atoms with van der Waals surface area (Å²) in [4.78, 5) is 6.71. The highest BCUT2D eigenvalue weighted by Gasteiger charge is 2.13. The molecule has 1 aromatic carbocycles. The Kier molecular flexibility index (Phi) is 5.80. The number of guanidine groups is 1. The van der Waals surface area contributed by atoms with Crippen LogP contribution in [0.15, 0.2) is 33.7 Å². The molecule has 0 saturated carbocycles. The van der Waals surface area contributed by atoms with E-state index in [2.05, 4.69) is 16.0 Å². The summed E-state index contributed by atoms with van der Waals surface area (Å²) in [6, 6.07) is 8.07. The molecule has 0 radical (unpaired) electrons. The fourth-order valence-electron chi connectivity index (χ4n) is 2.47. The van der Waals surface area contributed by atoms with Crippen molar-refractivity contribution in [3.05, 3.63) is 35.6 Å². The normalized spacial score (nSPS) is 16.0. The van der Waals surface area contributed by atoms with Crippen molar-refractivity contribution in [3.63, 3.8) is 0 Å². The Balaban J connectivity index is 0.00000161. The van der Waals surface area contributed by atoms with Gasteiger partial charge in [0.15, 0.2) is 5.96 Å². The number of para-hydroxylation sites is 1. The Bertz CT molecular complexity index is 635. The first kappa shape index (κ1) is 16.5. The molecule has 1 saturated heterocycles. The predicted octanol–water partition coefficient (Wildman–Crippen LogP) is 3.22. The SMILES string of the molecule is Cc1oc2ccccc2c1CN=C(N)N1CCSCC1.I. The number of aliphatic imine (C=N–C) groups is 1. The van der Waals surface area contributed by atoms with Crippen molar-refractivity contribution < 1.29 is 4.42 Å². The molecule has 4 nitrogen and oxygen atoms in total. The summed E-state index contributed by atoms with van der Waals surface area (Å²) in [5.74, 6) is 3.83. The maximum atomic E-state index is 6.10. The second kappa shape index (κ2) is 7.40. The van der Waals surface area contributed by atoms with E-state index in [4.69, 9.17) is 10.2 Å². The van der Waals surface area contributed by atoms with Gasteiger partial charge in [0.05, 0.1) is 6.54 Å². The van der Waals surface area contributed by atoms with Gasteiger partial charge in [-0.3, -0.25) is 0 Å². The van der Waals surface area contributed by atoms with Gasteiger partial charge in [0.2, 0.25) is 0 Å². The van der Waals surface area contributed by atoms with Crippen molar-refractivity contribution >= 4 is 52.7 Å². The predicted molar refractivity (Wildman–Crippen MR) is 101 cm³/mol. The van der Waals surface area contributed by atoms with Gasteiger partial charge in [-0.2, -0.15) is 11.8 Å². The van der Waals surface area contributed by atoms with E-state index >= 15 is 0 Å². The first-order chi connectivity index (χ1) is 9.75. The Morgan fingerprint density at radius 2 is 2.05 bits per heavy atom. The molecule has 114 valence electrons. The third kappa shape index (κ3) is 3.66. The number of furan rings is 1. The number of halogens is 1. The lowest BCUT2D eigenvalue weighted by atomic mass is 10.1. The molecular weight excluding hydrogens is 397 g/mol. The molecule has 0 bridgehead atoms. The van der Waals surface area contributed by atoms with E-state index in [1.165, 1.54) is 0 Å². The summed E-state index contributed by atoms with van der Waals surface area (Å²) < 4.78 is 5.75. The van der Waals surface area contributed by atoms with E-state index < -0.39 is 0 Å². The average Bonchev–Trinajstić information content (AvgIpc) is 2.81. The van der Waals surface area contributed by atoms with Gasteiger partial charge in [-0.15, -0.1) is 24.0 Å². The average molecular weight is 417 g/mol. The van der Waals surface area contributed by atoms with Crippen molar-refractivity contribution in [2.45, 2.75) is 13.5 Å². The minimum absolute atomic E-state index is 0. The molecule has 6 heteroatoms. The van der Waals surface area contributed by atoms with Crippen LogP contribution in [0.2, 0.25) is 0 Å². The van der Waals surface area contributed by atoms with Gasteiger partial charge >= 0.3 is 0 Å². The lowest BCUT2D eigenvalue weighted by molar-refractivity contribution is 0.455. The second-order valence-corrected chi connectivity index (χ2v) is 6.13. The van der Waals surface area contributed by atoms with Crippen LogP contribution >= 0.6 is 35.7 Å². The number of rotatable bonds is 2. The highest BCUT2D eigenvalue weighted by Crippen LogP contribution is 2.25. The molecular formula is C15H20IN3OS. The zero-order chi connectivity index (χ0) is 13.9. The number of hydrogen-bond donors (Lipinski definition) is 1. The van der Waals surface area contributed by atoms with Crippen LogP contribution in [0.1, 0.15) is 11.3 Å². The molecule has 0 aliphatic carbocycles.